The van der Waals surface area contributed by atoms with Gasteiger partial charge in [0.25, 0.3) is 0 Å². The predicted octanol–water partition coefficient (Wildman–Crippen LogP) is 3.70. The fourth-order valence-electron chi connectivity index (χ4n) is 1.61. The minimum absolute atomic E-state index is 0.837. The molecule has 0 bridgehead atoms. The molecule has 1 atom stereocenters. The van der Waals surface area contributed by atoms with Crippen LogP contribution in [0.25, 0.3) is 0 Å². The largest absolute Gasteiger partial charge is 0.0884 e. The van der Waals surface area contributed by atoms with E-state index in [4.69, 9.17) is 0 Å². The van der Waals surface area contributed by atoms with Crippen LogP contribution in [-0.4, -0.2) is 0 Å². The minimum Gasteiger partial charge on any atom is -0.0884 e. The van der Waals surface area contributed by atoms with Crippen molar-refractivity contribution < 1.29 is 0 Å². The summed E-state index contributed by atoms with van der Waals surface area (Å²) in [6, 6.07) is 0. The van der Waals surface area contributed by atoms with Crippen LogP contribution in [0, 0.1) is 5.92 Å². The molecule has 0 aliphatic heterocycles. The Labute approximate surface area is 70.0 Å². The van der Waals surface area contributed by atoms with E-state index in [0.717, 1.165) is 5.92 Å². The van der Waals surface area contributed by atoms with Crippen LogP contribution in [-0.2, 0) is 0 Å². The quantitative estimate of drug-likeness (QED) is 0.500. The minimum atomic E-state index is 0.837. The average Bonchev–Trinajstić information content (AvgIpc) is 2.05. The monoisotopic (exact) mass is 150 g/mol. The molecule has 62 valence electrons. The van der Waals surface area contributed by atoms with Crippen molar-refractivity contribution in [3.8, 4) is 0 Å². The van der Waals surface area contributed by atoms with Crippen molar-refractivity contribution in [3.63, 3.8) is 0 Å². The Morgan fingerprint density at radius 2 is 2.36 bits per heavy atom. The zero-order chi connectivity index (χ0) is 8.27. The SMILES string of the molecule is CC=C(C)[C@H]1CC=C(C)CC1. The Hall–Kier alpha value is -0.520. The van der Waals surface area contributed by atoms with Gasteiger partial charge in [0.05, 0.1) is 0 Å². The summed E-state index contributed by atoms with van der Waals surface area (Å²) in [6.07, 6.45) is 8.57. The van der Waals surface area contributed by atoms with Crippen molar-refractivity contribution in [2.45, 2.75) is 40.0 Å². The second kappa shape index (κ2) is 3.75. The molecule has 0 heteroatoms. The Morgan fingerprint density at radius 1 is 1.64 bits per heavy atom. The summed E-state index contributed by atoms with van der Waals surface area (Å²) in [7, 11) is 0. The molecule has 11 heavy (non-hydrogen) atoms. The predicted molar refractivity (Wildman–Crippen MR) is 50.5 cm³/mol. The second-order valence-corrected chi connectivity index (χ2v) is 3.55. The van der Waals surface area contributed by atoms with E-state index in [1.54, 1.807) is 11.1 Å². The lowest BCUT2D eigenvalue weighted by atomic mass is 9.85. The van der Waals surface area contributed by atoms with Crippen molar-refractivity contribution in [1.82, 2.24) is 0 Å². The summed E-state index contributed by atoms with van der Waals surface area (Å²) >= 11 is 0. The highest BCUT2D eigenvalue weighted by molar-refractivity contribution is 5.11. The number of rotatable bonds is 1. The first-order chi connectivity index (χ1) is 5.24. The van der Waals surface area contributed by atoms with Crippen LogP contribution >= 0.6 is 0 Å². The molecule has 0 saturated heterocycles. The maximum Gasteiger partial charge on any atom is -0.0168 e. The van der Waals surface area contributed by atoms with Crippen molar-refractivity contribution in [3.05, 3.63) is 23.3 Å². The van der Waals surface area contributed by atoms with E-state index in [1.807, 2.05) is 0 Å². The molecule has 0 fully saturated rings. The summed E-state index contributed by atoms with van der Waals surface area (Å²) < 4.78 is 0. The fraction of sp³-hybridized carbons (Fsp3) is 0.636. The lowest BCUT2D eigenvalue weighted by Crippen LogP contribution is -2.05. The van der Waals surface area contributed by atoms with E-state index >= 15 is 0 Å². The van der Waals surface area contributed by atoms with Crippen LogP contribution in [0.3, 0.4) is 0 Å². The molecule has 1 rings (SSSR count). The Bertz CT molecular complexity index is 184. The number of hydrogen-bond donors (Lipinski definition) is 0. The van der Waals surface area contributed by atoms with Crippen molar-refractivity contribution >= 4 is 0 Å². The molecule has 0 amide bonds. The molecule has 0 aromatic heterocycles. The number of allylic oxidation sites excluding steroid dienone is 4. The van der Waals surface area contributed by atoms with Gasteiger partial charge in [-0.25, -0.2) is 0 Å². The van der Waals surface area contributed by atoms with Crippen molar-refractivity contribution in [2.75, 3.05) is 0 Å². The van der Waals surface area contributed by atoms with Gasteiger partial charge in [-0.15, -0.1) is 0 Å². The van der Waals surface area contributed by atoms with E-state index < -0.39 is 0 Å². The molecule has 0 radical (unpaired) electrons. The van der Waals surface area contributed by atoms with Crippen molar-refractivity contribution in [1.29, 1.82) is 0 Å². The van der Waals surface area contributed by atoms with E-state index in [2.05, 4.69) is 32.9 Å². The lowest BCUT2D eigenvalue weighted by molar-refractivity contribution is 0.538. The maximum absolute atomic E-state index is 2.39. The molecular formula is C11H18. The highest BCUT2D eigenvalue weighted by atomic mass is 14.2. The molecule has 0 aromatic rings. The summed E-state index contributed by atoms with van der Waals surface area (Å²) in [4.78, 5) is 0. The molecule has 0 saturated carbocycles. The molecule has 0 heterocycles. The maximum atomic E-state index is 2.39. The summed E-state index contributed by atoms with van der Waals surface area (Å²) in [5.41, 5.74) is 3.14. The van der Waals surface area contributed by atoms with Gasteiger partial charge in [0.2, 0.25) is 0 Å². The molecule has 0 spiro atoms. The van der Waals surface area contributed by atoms with Gasteiger partial charge in [0, 0.05) is 0 Å². The van der Waals surface area contributed by atoms with Crippen LogP contribution in [0.4, 0.5) is 0 Å². The van der Waals surface area contributed by atoms with Crippen LogP contribution in [0.5, 0.6) is 0 Å². The zero-order valence-electron chi connectivity index (χ0n) is 7.85. The molecule has 1 aliphatic carbocycles. The third-order valence-corrected chi connectivity index (χ3v) is 2.74. The number of hydrogen-bond acceptors (Lipinski definition) is 0. The first-order valence-corrected chi connectivity index (χ1v) is 4.52. The summed E-state index contributed by atoms with van der Waals surface area (Å²) in [6.45, 7) is 6.63. The molecule has 0 N–H and O–H groups in total. The van der Waals surface area contributed by atoms with Crippen LogP contribution < -0.4 is 0 Å². The van der Waals surface area contributed by atoms with Gasteiger partial charge in [0.15, 0.2) is 0 Å². The molecular weight excluding hydrogens is 132 g/mol. The van der Waals surface area contributed by atoms with E-state index in [1.165, 1.54) is 19.3 Å². The van der Waals surface area contributed by atoms with E-state index in [0.29, 0.717) is 0 Å². The molecule has 1 aliphatic rings. The molecule has 0 unspecified atom stereocenters. The molecule has 0 nitrogen and oxygen atoms in total. The van der Waals surface area contributed by atoms with E-state index in [9.17, 15) is 0 Å². The van der Waals surface area contributed by atoms with Crippen LogP contribution in [0.15, 0.2) is 23.3 Å². The molecule has 0 aromatic carbocycles. The topological polar surface area (TPSA) is 0 Å². The van der Waals surface area contributed by atoms with Crippen LogP contribution in [0.1, 0.15) is 40.0 Å². The third kappa shape index (κ3) is 2.21. The highest BCUT2D eigenvalue weighted by Crippen LogP contribution is 2.28. The fourth-order valence-corrected chi connectivity index (χ4v) is 1.61. The van der Waals surface area contributed by atoms with Gasteiger partial charge in [-0.2, -0.15) is 0 Å². The van der Waals surface area contributed by atoms with E-state index in [-0.39, 0.29) is 0 Å². The van der Waals surface area contributed by atoms with Gasteiger partial charge in [-0.05, 0) is 46.0 Å². The van der Waals surface area contributed by atoms with Gasteiger partial charge in [-0.1, -0.05) is 23.3 Å². The van der Waals surface area contributed by atoms with Gasteiger partial charge in [0.1, 0.15) is 0 Å². The smallest absolute Gasteiger partial charge is 0.0168 e. The van der Waals surface area contributed by atoms with Gasteiger partial charge >= 0.3 is 0 Å². The van der Waals surface area contributed by atoms with Gasteiger partial charge < -0.3 is 0 Å². The third-order valence-electron chi connectivity index (χ3n) is 2.74. The van der Waals surface area contributed by atoms with Gasteiger partial charge in [-0.3, -0.25) is 0 Å². The van der Waals surface area contributed by atoms with Crippen LogP contribution in [0.2, 0.25) is 0 Å². The summed E-state index contributed by atoms with van der Waals surface area (Å²) in [5.74, 6) is 0.837. The Morgan fingerprint density at radius 3 is 2.82 bits per heavy atom. The normalized spacial score (nSPS) is 26.6. The first-order valence-electron chi connectivity index (χ1n) is 4.52. The first kappa shape index (κ1) is 8.58. The lowest BCUT2D eigenvalue weighted by Gasteiger charge is -2.20. The average molecular weight is 150 g/mol. The Balaban J connectivity index is 2.54. The summed E-state index contributed by atoms with van der Waals surface area (Å²) in [5, 5.41) is 0. The Kier molecular flexibility index (Phi) is 2.92. The highest BCUT2D eigenvalue weighted by Gasteiger charge is 2.12. The zero-order valence-corrected chi connectivity index (χ0v) is 7.85. The van der Waals surface area contributed by atoms with Crippen molar-refractivity contribution in [2.24, 2.45) is 5.92 Å². The standard InChI is InChI=1S/C11H18/c1-4-10(3)11-7-5-9(2)6-8-11/h4-5,11H,6-8H2,1-3H3/t11-/m0/s1. The second-order valence-electron chi connectivity index (χ2n) is 3.55.